The van der Waals surface area contributed by atoms with Gasteiger partial charge in [0.05, 0.1) is 0 Å². The Hall–Kier alpha value is 0.517. The van der Waals surface area contributed by atoms with Gasteiger partial charge >= 0.3 is 18.9 Å². The van der Waals surface area contributed by atoms with E-state index in [-0.39, 0.29) is 24.3 Å². The minimum atomic E-state index is 0. The molecule has 0 atom stereocenters. The van der Waals surface area contributed by atoms with Crippen molar-refractivity contribution in [3.8, 4) is 0 Å². The fourth-order valence-electron chi connectivity index (χ4n) is 0. The Bertz CT molecular complexity index is 6.00. The van der Waals surface area contributed by atoms with E-state index in [0.717, 1.165) is 7.11 Å². The third-order valence-electron chi connectivity index (χ3n) is 0. The molecule has 0 rings (SSSR count). The molecule has 24 valence electrons. The van der Waals surface area contributed by atoms with Gasteiger partial charge in [0.1, 0.15) is 0 Å². The van der Waals surface area contributed by atoms with Crippen molar-refractivity contribution in [3.63, 3.8) is 0 Å². The molecule has 0 saturated carbocycles. The molecule has 0 aliphatic carbocycles. The summed E-state index contributed by atoms with van der Waals surface area (Å²) in [6.45, 7) is 0. The van der Waals surface area contributed by atoms with Crippen LogP contribution in [0.25, 0.3) is 0 Å². The second-order valence-electron chi connectivity index (χ2n) is 0. The normalized spacial score (nSPS) is 1.50. The van der Waals surface area contributed by atoms with Crippen LogP contribution in [0.4, 0.5) is 0 Å². The number of rotatable bonds is 0. The van der Waals surface area contributed by atoms with Crippen LogP contribution < -0.4 is 0 Å². The Kier molecular flexibility index (Phi) is 505. The van der Waals surface area contributed by atoms with E-state index in [1.807, 2.05) is 0 Å². The van der Waals surface area contributed by atoms with Crippen LogP contribution in [0.3, 0.4) is 0 Å². The fourth-order valence-corrected chi connectivity index (χ4v) is 0. The first-order chi connectivity index (χ1) is 1.00. The summed E-state index contributed by atoms with van der Waals surface area (Å²) in [6, 6.07) is 0. The molecule has 0 saturated heterocycles. The molecule has 3 N–H and O–H groups in total. The van der Waals surface area contributed by atoms with Crippen LogP contribution in [0.15, 0.2) is 0 Å². The fraction of sp³-hybridized carbons (Fsp3) is 1.00. The summed E-state index contributed by atoms with van der Waals surface area (Å²) in [4.78, 5) is 0. The van der Waals surface area contributed by atoms with Gasteiger partial charge in [-0.1, -0.05) is 0 Å². The molecule has 0 aromatic rings. The van der Waals surface area contributed by atoms with E-state index in [1.165, 1.54) is 0 Å². The van der Waals surface area contributed by atoms with E-state index in [0.29, 0.717) is 0 Å². The molecule has 0 aromatic heterocycles. The van der Waals surface area contributed by atoms with Crippen molar-refractivity contribution in [2.75, 3.05) is 7.11 Å². The second-order valence-corrected chi connectivity index (χ2v) is 0. The Morgan fingerprint density at radius 2 is 1.25 bits per heavy atom. The van der Waals surface area contributed by atoms with Crippen LogP contribution in [0.2, 0.25) is 0 Å². The first kappa shape index (κ1) is 24.3. The standard InChI is InChI=1S/CH4O.Li.H2O.H/c1-2;;;/h2H,1H3;;1H2;. The summed E-state index contributed by atoms with van der Waals surface area (Å²) < 4.78 is 0. The summed E-state index contributed by atoms with van der Waals surface area (Å²) in [5, 5.41) is 7.00. The molecule has 0 unspecified atom stereocenters. The topological polar surface area (TPSA) is 51.7 Å². The van der Waals surface area contributed by atoms with Crippen molar-refractivity contribution in [1.29, 1.82) is 0 Å². The van der Waals surface area contributed by atoms with Gasteiger partial charge in [-0.05, 0) is 0 Å². The van der Waals surface area contributed by atoms with E-state index >= 15 is 0 Å². The van der Waals surface area contributed by atoms with E-state index < -0.39 is 0 Å². The van der Waals surface area contributed by atoms with E-state index in [9.17, 15) is 0 Å². The molecular weight excluding hydrogens is 51.0 g/mol. The van der Waals surface area contributed by atoms with Crippen LogP contribution in [-0.2, 0) is 0 Å². The third-order valence-corrected chi connectivity index (χ3v) is 0. The Balaban J connectivity index is -0.00000000500. The maximum atomic E-state index is 7.00. The SMILES string of the molecule is CO.O.[LiH]. The van der Waals surface area contributed by atoms with E-state index in [4.69, 9.17) is 5.11 Å². The van der Waals surface area contributed by atoms with E-state index in [2.05, 4.69) is 0 Å². The van der Waals surface area contributed by atoms with Crippen molar-refractivity contribution in [1.82, 2.24) is 0 Å². The number of hydrogen-bond acceptors (Lipinski definition) is 1. The molecule has 0 bridgehead atoms. The zero-order valence-electron chi connectivity index (χ0n) is 1.95. The van der Waals surface area contributed by atoms with Gasteiger partial charge < -0.3 is 10.6 Å². The van der Waals surface area contributed by atoms with Gasteiger partial charge in [0.25, 0.3) is 0 Å². The van der Waals surface area contributed by atoms with Gasteiger partial charge in [-0.15, -0.1) is 0 Å². The number of aliphatic hydroxyl groups is 1. The van der Waals surface area contributed by atoms with E-state index in [1.54, 1.807) is 0 Å². The number of hydrogen-bond donors (Lipinski definition) is 1. The summed E-state index contributed by atoms with van der Waals surface area (Å²) in [5.74, 6) is 0. The van der Waals surface area contributed by atoms with Crippen molar-refractivity contribution in [2.45, 2.75) is 0 Å². The first-order valence-corrected chi connectivity index (χ1v) is 0.447. The van der Waals surface area contributed by atoms with Crippen molar-refractivity contribution < 1.29 is 10.6 Å². The van der Waals surface area contributed by atoms with Crippen LogP contribution >= 0.6 is 0 Å². The van der Waals surface area contributed by atoms with Crippen LogP contribution in [0.5, 0.6) is 0 Å². The molecule has 0 spiro atoms. The first-order valence-electron chi connectivity index (χ1n) is 0.447. The molecule has 0 aliphatic heterocycles. The van der Waals surface area contributed by atoms with Gasteiger partial charge in [-0.3, -0.25) is 0 Å². The molecule has 0 aliphatic rings. The molecule has 2 nitrogen and oxygen atoms in total. The molecule has 3 heteroatoms. The molecule has 4 heavy (non-hydrogen) atoms. The Morgan fingerprint density at radius 1 is 1.25 bits per heavy atom. The average Bonchev–Trinajstić information content (AvgIpc) is 1.00. The third kappa shape index (κ3) is 21.7. The zero-order chi connectivity index (χ0) is 2.00. The van der Waals surface area contributed by atoms with Gasteiger partial charge in [0.2, 0.25) is 0 Å². The van der Waals surface area contributed by atoms with Gasteiger partial charge in [-0.2, -0.15) is 0 Å². The summed E-state index contributed by atoms with van der Waals surface area (Å²) >= 11 is 0. The summed E-state index contributed by atoms with van der Waals surface area (Å²) in [5.41, 5.74) is 0. The minimum absolute atomic E-state index is 0. The zero-order valence-corrected chi connectivity index (χ0v) is 1.95. The van der Waals surface area contributed by atoms with Crippen molar-refractivity contribution in [3.05, 3.63) is 0 Å². The monoisotopic (exact) mass is 58.1 g/mol. The quantitative estimate of drug-likeness (QED) is 0.326. The maximum absolute atomic E-state index is 7.00. The predicted octanol–water partition coefficient (Wildman–Crippen LogP) is -1.86. The molecule has 0 heterocycles. The number of aliphatic hydroxyl groups excluding tert-OH is 1. The Labute approximate surface area is 37.3 Å². The second kappa shape index (κ2) is 83.3. The molecule has 0 radical (unpaired) electrons. The van der Waals surface area contributed by atoms with Crippen LogP contribution in [0, 0.1) is 0 Å². The molecule has 0 fully saturated rings. The predicted molar refractivity (Wildman–Crippen MR) is 18.9 cm³/mol. The molecule has 0 amide bonds. The Morgan fingerprint density at radius 3 is 1.25 bits per heavy atom. The van der Waals surface area contributed by atoms with Crippen LogP contribution in [0.1, 0.15) is 0 Å². The van der Waals surface area contributed by atoms with Crippen LogP contribution in [-0.4, -0.2) is 36.6 Å². The van der Waals surface area contributed by atoms with Gasteiger partial charge in [0.15, 0.2) is 0 Å². The van der Waals surface area contributed by atoms with Crippen molar-refractivity contribution in [2.24, 2.45) is 0 Å². The summed E-state index contributed by atoms with van der Waals surface area (Å²) in [7, 11) is 1.00. The average molecular weight is 58.0 g/mol. The molecule has 0 aromatic carbocycles. The van der Waals surface area contributed by atoms with Gasteiger partial charge in [0, 0.05) is 7.11 Å². The summed E-state index contributed by atoms with van der Waals surface area (Å²) in [6.07, 6.45) is 0. The molecular formula is CH7LiO2. The van der Waals surface area contributed by atoms with Gasteiger partial charge in [-0.25, -0.2) is 0 Å². The van der Waals surface area contributed by atoms with Crippen molar-refractivity contribution >= 4 is 18.9 Å².